The van der Waals surface area contributed by atoms with E-state index in [4.69, 9.17) is 9.72 Å². The lowest BCUT2D eigenvalue weighted by molar-refractivity contribution is 0.160. The highest BCUT2D eigenvalue weighted by Crippen LogP contribution is 2.37. The fourth-order valence-corrected chi connectivity index (χ4v) is 5.95. The maximum absolute atomic E-state index is 13.9. The molecule has 2 aromatic carbocycles. The number of halogens is 1. The van der Waals surface area contributed by atoms with Crippen molar-refractivity contribution in [3.63, 3.8) is 0 Å². The highest BCUT2D eigenvalue weighted by atomic mass is 32.2. The Labute approximate surface area is 197 Å². The van der Waals surface area contributed by atoms with Crippen molar-refractivity contribution in [1.82, 2.24) is 14.5 Å². The van der Waals surface area contributed by atoms with Crippen LogP contribution in [0.5, 0.6) is 0 Å². The first kappa shape index (κ1) is 21.7. The number of carbonyl (C=O) groups is 1. The van der Waals surface area contributed by atoms with Gasteiger partial charge in [0.2, 0.25) is 0 Å². The second-order valence-electron chi connectivity index (χ2n) is 7.54. The Balaban J connectivity index is 1.61. The predicted octanol–water partition coefficient (Wildman–Crippen LogP) is 5.11. The van der Waals surface area contributed by atoms with Gasteiger partial charge in [0.15, 0.2) is 5.16 Å². The van der Waals surface area contributed by atoms with Gasteiger partial charge in [-0.2, -0.15) is 0 Å². The summed E-state index contributed by atoms with van der Waals surface area (Å²) < 4.78 is 20.1. The van der Waals surface area contributed by atoms with Crippen LogP contribution >= 0.6 is 23.1 Å². The Kier molecular flexibility index (Phi) is 5.90. The van der Waals surface area contributed by atoms with Crippen molar-refractivity contribution < 1.29 is 13.9 Å². The molecule has 1 saturated heterocycles. The molecule has 0 spiro atoms. The highest BCUT2D eigenvalue weighted by molar-refractivity contribution is 7.99. The van der Waals surface area contributed by atoms with Gasteiger partial charge in [0, 0.05) is 22.7 Å². The molecule has 168 valence electrons. The molecule has 1 aliphatic heterocycles. The number of para-hydroxylation sites is 1. The van der Waals surface area contributed by atoms with E-state index in [1.807, 2.05) is 37.3 Å². The molecule has 0 radical (unpaired) electrons. The SMILES string of the molecule is Cc1sc2nc(SCCN3CCOC3=O)n(-c3ccccc3)c(=O)c2c1-c1ccc(F)cc1. The van der Waals surface area contributed by atoms with E-state index in [2.05, 4.69) is 0 Å². The summed E-state index contributed by atoms with van der Waals surface area (Å²) in [5.74, 6) is 0.256. The van der Waals surface area contributed by atoms with E-state index in [-0.39, 0.29) is 17.5 Å². The number of benzene rings is 2. The normalized spacial score (nSPS) is 13.6. The maximum atomic E-state index is 13.9. The molecular weight excluding hydrogens is 461 g/mol. The molecule has 0 atom stereocenters. The van der Waals surface area contributed by atoms with Crippen LogP contribution in [-0.2, 0) is 4.74 Å². The number of amides is 1. The van der Waals surface area contributed by atoms with E-state index in [9.17, 15) is 14.0 Å². The van der Waals surface area contributed by atoms with Gasteiger partial charge in [-0.25, -0.2) is 14.2 Å². The third-order valence-corrected chi connectivity index (χ3v) is 7.37. The molecule has 9 heteroatoms. The molecule has 0 aliphatic carbocycles. The van der Waals surface area contributed by atoms with Crippen molar-refractivity contribution in [2.75, 3.05) is 25.4 Å². The summed E-state index contributed by atoms with van der Waals surface area (Å²) in [6.07, 6.45) is -0.308. The monoisotopic (exact) mass is 481 g/mol. The highest BCUT2D eigenvalue weighted by Gasteiger charge is 2.23. The number of thioether (sulfide) groups is 1. The fourth-order valence-electron chi connectivity index (χ4n) is 3.88. The van der Waals surface area contributed by atoms with Crippen LogP contribution in [0.4, 0.5) is 9.18 Å². The average Bonchev–Trinajstić information content (AvgIpc) is 3.37. The van der Waals surface area contributed by atoms with Crippen LogP contribution in [0.3, 0.4) is 0 Å². The standard InChI is InChI=1S/C24H20FN3O3S2/c1-15-19(16-7-9-17(25)10-8-16)20-21(33-15)26-23(32-14-12-27-11-13-31-24(27)30)28(22(20)29)18-5-3-2-4-6-18/h2-10H,11-14H2,1H3. The molecule has 1 fully saturated rings. The molecule has 3 heterocycles. The van der Waals surface area contributed by atoms with Gasteiger partial charge in [-0.05, 0) is 36.8 Å². The van der Waals surface area contributed by atoms with E-state index in [0.29, 0.717) is 46.5 Å². The van der Waals surface area contributed by atoms with Crippen LogP contribution in [0.2, 0.25) is 0 Å². The smallest absolute Gasteiger partial charge is 0.409 e. The lowest BCUT2D eigenvalue weighted by atomic mass is 10.0. The second kappa shape index (κ2) is 8.99. The first-order valence-corrected chi connectivity index (χ1v) is 12.2. The van der Waals surface area contributed by atoms with Crippen LogP contribution in [0.15, 0.2) is 64.5 Å². The van der Waals surface area contributed by atoms with Crippen molar-refractivity contribution in [2.24, 2.45) is 0 Å². The fraction of sp³-hybridized carbons (Fsp3) is 0.208. The summed E-state index contributed by atoms with van der Waals surface area (Å²) in [6.45, 7) is 3.44. The third-order valence-electron chi connectivity index (χ3n) is 5.46. The van der Waals surface area contributed by atoms with Crippen molar-refractivity contribution in [2.45, 2.75) is 12.1 Å². The Morgan fingerprint density at radius 2 is 1.88 bits per heavy atom. The van der Waals surface area contributed by atoms with Crippen LogP contribution < -0.4 is 5.56 Å². The Bertz CT molecular complexity index is 1380. The first-order valence-electron chi connectivity index (χ1n) is 10.4. The quantitative estimate of drug-likeness (QED) is 0.283. The van der Waals surface area contributed by atoms with E-state index < -0.39 is 0 Å². The number of carbonyl (C=O) groups excluding carboxylic acids is 1. The van der Waals surface area contributed by atoms with Crippen LogP contribution in [0.1, 0.15) is 4.88 Å². The largest absolute Gasteiger partial charge is 0.448 e. The number of ether oxygens (including phenoxy) is 1. The van der Waals surface area contributed by atoms with Crippen molar-refractivity contribution in [3.8, 4) is 16.8 Å². The average molecular weight is 482 g/mol. The zero-order valence-corrected chi connectivity index (χ0v) is 19.4. The molecule has 4 aromatic rings. The molecule has 2 aromatic heterocycles. The Morgan fingerprint density at radius 1 is 1.12 bits per heavy atom. The number of nitrogens with zero attached hydrogens (tertiary/aromatic N) is 3. The van der Waals surface area contributed by atoms with Crippen LogP contribution in [0, 0.1) is 12.7 Å². The lowest BCUT2D eigenvalue weighted by Gasteiger charge is -2.15. The van der Waals surface area contributed by atoms with E-state index >= 15 is 0 Å². The topological polar surface area (TPSA) is 64.4 Å². The number of rotatable bonds is 6. The van der Waals surface area contributed by atoms with Gasteiger partial charge in [-0.1, -0.05) is 42.1 Å². The van der Waals surface area contributed by atoms with Gasteiger partial charge < -0.3 is 9.64 Å². The number of aromatic nitrogens is 2. The number of hydrogen-bond donors (Lipinski definition) is 0. The van der Waals surface area contributed by atoms with Crippen molar-refractivity contribution in [1.29, 1.82) is 0 Å². The molecule has 33 heavy (non-hydrogen) atoms. The van der Waals surface area contributed by atoms with Gasteiger partial charge in [-0.3, -0.25) is 9.36 Å². The number of cyclic esters (lactones) is 1. The van der Waals surface area contributed by atoms with Crippen molar-refractivity contribution >= 4 is 39.4 Å². The van der Waals surface area contributed by atoms with E-state index in [1.54, 1.807) is 21.6 Å². The van der Waals surface area contributed by atoms with Gasteiger partial charge in [0.1, 0.15) is 17.3 Å². The minimum atomic E-state index is -0.323. The second-order valence-corrected chi connectivity index (χ2v) is 9.81. The van der Waals surface area contributed by atoms with Crippen LogP contribution in [0.25, 0.3) is 27.0 Å². The number of thiophene rings is 1. The molecule has 5 rings (SSSR count). The number of aryl methyl sites for hydroxylation is 1. The first-order chi connectivity index (χ1) is 16.0. The number of fused-ring (bicyclic) bond motifs is 1. The maximum Gasteiger partial charge on any atom is 0.409 e. The van der Waals surface area contributed by atoms with Crippen LogP contribution in [-0.4, -0.2) is 46.0 Å². The Hall–Kier alpha value is -3.17. The molecule has 1 amide bonds. The molecular formula is C24H20FN3O3S2. The van der Waals surface area contributed by atoms with Gasteiger partial charge in [0.25, 0.3) is 5.56 Å². The minimum Gasteiger partial charge on any atom is -0.448 e. The summed E-state index contributed by atoms with van der Waals surface area (Å²) in [6, 6.07) is 15.6. The molecule has 0 bridgehead atoms. The molecule has 6 nitrogen and oxygen atoms in total. The van der Waals surface area contributed by atoms with E-state index in [1.165, 1.54) is 35.2 Å². The van der Waals surface area contributed by atoms with Gasteiger partial charge >= 0.3 is 6.09 Å². The molecule has 0 unspecified atom stereocenters. The zero-order valence-electron chi connectivity index (χ0n) is 17.8. The van der Waals surface area contributed by atoms with Gasteiger partial charge in [0.05, 0.1) is 17.6 Å². The third kappa shape index (κ3) is 4.14. The Morgan fingerprint density at radius 3 is 2.58 bits per heavy atom. The summed E-state index contributed by atoms with van der Waals surface area (Å²) in [7, 11) is 0. The zero-order chi connectivity index (χ0) is 22.9. The molecule has 0 N–H and O–H groups in total. The lowest BCUT2D eigenvalue weighted by Crippen LogP contribution is -2.27. The van der Waals surface area contributed by atoms with Gasteiger partial charge in [-0.15, -0.1) is 11.3 Å². The summed E-state index contributed by atoms with van der Waals surface area (Å²) in [5.41, 5.74) is 2.12. The summed E-state index contributed by atoms with van der Waals surface area (Å²) in [5, 5.41) is 1.10. The summed E-state index contributed by atoms with van der Waals surface area (Å²) >= 11 is 2.89. The molecule has 1 aliphatic rings. The van der Waals surface area contributed by atoms with E-state index in [0.717, 1.165) is 16.0 Å². The molecule has 0 saturated carbocycles. The summed E-state index contributed by atoms with van der Waals surface area (Å²) in [4.78, 5) is 33.7. The predicted molar refractivity (Wildman–Crippen MR) is 129 cm³/mol. The number of hydrogen-bond acceptors (Lipinski definition) is 6. The van der Waals surface area contributed by atoms with Crippen molar-refractivity contribution in [3.05, 3.63) is 75.6 Å². The minimum absolute atomic E-state index is 0.169.